The third-order valence-corrected chi connectivity index (χ3v) is 45.4. The molecule has 35 atom stereocenters. The van der Waals surface area contributed by atoms with Crippen LogP contribution in [-0.4, -0.2) is 189 Å². The maximum atomic E-state index is 15.4. The fourth-order valence-corrected chi connectivity index (χ4v) is 27.6. The standard InChI is InChI=1S/C56H87IO10SSi.C50H83IO8Si.2HI.Sm/c1-14-34(2)29-49-40(8)52(51(65-49)33-50-37(5)35(3)30-42(63-50)22-24-46-36(4)31-41(62-46)19-18-28-58)55(68(60,61)44-20-16-15-17-21-44)45(59)32-43-23-25-47-53(64-43)38(6)39(7)54(66-47)48(26-27-57)67-69(12,13)56(9,10)11;1-14-30(2)24-45-36(8)41(47(57-45)29-46-33(5)31(3)25-39(55-46)17-19-42-32(4)26-38(54-42)16-15-23-52)28-37(53)27-40-18-20-43-48(56-40)34(6)35(7)49(58-43)44(21-22-51)59-60(12,13)50(9,10)11;;;/h15-17,20-21,26-28,34-35,38-43,46-55H,4-5,14,18-19,22-25,29-33H2,1-3,6-13H3;21-23,30-31,34-36,38-49H,4-5,14-20,24-29H2,1-3,6-13H3;2*1H;/q;;;;+2/p-2/b27-26+;22-21+;;;/t34-,35-,38?,39+,40+,41+,42+,43-,46?,47+,48+,49-,50?,51+,52-,53-,54-,55?;30-,31-,34-,35+,36-,38+,39+,40-,41-,42?,43+,44+,45-,46?,47+,48-,49-;;;/m11.../s1. The minimum atomic E-state index is -4.19. The number of Topliss-reactive ketones (excluding diaryl/α,β-unsaturated/α-hetero) is 2. The van der Waals surface area contributed by atoms with Crippen molar-refractivity contribution in [2.24, 2.45) is 71.0 Å². The average Bonchev–Trinajstić information content (AvgIpc) is 1.62. The first-order valence-corrected chi connectivity index (χ1v) is 75.3. The molecule has 1 aromatic rings. The van der Waals surface area contributed by atoms with E-state index in [0.29, 0.717) is 69.1 Å². The van der Waals surface area contributed by atoms with Gasteiger partial charge >= 0.3 is 54.0 Å². The summed E-state index contributed by atoms with van der Waals surface area (Å²) >= 11 is 9.64. The molecule has 6 unspecified atom stereocenters. The Balaban J connectivity index is 0.000000291. The predicted molar refractivity (Wildman–Crippen MR) is 567 cm³/mol. The Kier molecular flexibility index (Phi) is 46.6. The number of ketones is 2. The van der Waals surface area contributed by atoms with E-state index in [1.807, 2.05) is 4.08 Å². The molecule has 26 heteroatoms. The molecule has 10 aliphatic rings. The Labute approximate surface area is 859 Å². The number of ether oxygens (including phenoxy) is 10. The Hall–Kier alpha value is 0.501. The topological polar surface area (TPSA) is 213 Å². The van der Waals surface area contributed by atoms with Gasteiger partial charge in [-0.15, -0.1) is 0 Å². The zero-order valence-corrected chi connectivity index (χ0v) is 98.3. The molecule has 1 aromatic carbocycles. The van der Waals surface area contributed by atoms with Gasteiger partial charge in [0.05, 0.1) is 139 Å². The molecule has 0 amide bonds. The minimum absolute atomic E-state index is 0.000668. The third kappa shape index (κ3) is 30.8. The number of carbonyl (C=O) groups excluding carboxylic acids is 4. The molecule has 0 N–H and O–H groups in total. The summed E-state index contributed by atoms with van der Waals surface area (Å²) in [7, 11) is -8.35. The molecule has 0 aliphatic carbocycles. The van der Waals surface area contributed by atoms with Crippen LogP contribution in [0.3, 0.4) is 0 Å². The average molecular weight is 2480 g/mol. The summed E-state index contributed by atoms with van der Waals surface area (Å²) in [6.07, 6.45) is 21.7. The fraction of sp³-hybridized carbons (Fsp3) is 0.792. The quantitative estimate of drug-likeness (QED) is 0.0258. The predicted octanol–water partition coefficient (Wildman–Crippen LogP) is 26.1. The number of sulfone groups is 1. The molecule has 10 heterocycles. The number of hydrogen-bond acceptors (Lipinski definition) is 18. The Morgan fingerprint density at radius 2 is 0.917 bits per heavy atom. The fourth-order valence-electron chi connectivity index (χ4n) is 22.1. The summed E-state index contributed by atoms with van der Waals surface area (Å²) in [4.78, 5) is 51.6. The number of fused-ring (bicyclic) bond motifs is 2. The van der Waals surface area contributed by atoms with Crippen LogP contribution in [0.2, 0.25) is 36.3 Å². The van der Waals surface area contributed by atoms with Crippen molar-refractivity contribution >= 4 is 124 Å². The molecule has 10 saturated heterocycles. The van der Waals surface area contributed by atoms with Gasteiger partial charge in [-0.1, -0.05) is 227 Å². The Morgan fingerprint density at radius 1 is 0.508 bits per heavy atom. The first kappa shape index (κ1) is 116. The Morgan fingerprint density at radius 3 is 1.33 bits per heavy atom. The molecule has 10 aliphatic heterocycles. The van der Waals surface area contributed by atoms with Gasteiger partial charge < -0.3 is 65.8 Å². The van der Waals surface area contributed by atoms with Crippen molar-refractivity contribution in [2.75, 3.05) is 0 Å². The van der Waals surface area contributed by atoms with Gasteiger partial charge in [0.2, 0.25) is 0 Å². The van der Waals surface area contributed by atoms with Crippen LogP contribution < -0.4 is 0 Å². The van der Waals surface area contributed by atoms with E-state index in [0.717, 1.165) is 138 Å². The third-order valence-electron chi connectivity index (χ3n) is 33.4. The van der Waals surface area contributed by atoms with Crippen molar-refractivity contribution in [2.45, 2.75) is 466 Å². The van der Waals surface area contributed by atoms with Crippen LogP contribution in [0.4, 0.5) is 0 Å². The van der Waals surface area contributed by atoms with Crippen molar-refractivity contribution in [3.63, 3.8) is 0 Å². The number of aldehydes is 2. The second-order valence-electron chi connectivity index (χ2n) is 44.7. The van der Waals surface area contributed by atoms with Crippen molar-refractivity contribution in [3.8, 4) is 0 Å². The van der Waals surface area contributed by atoms with Crippen molar-refractivity contribution < 1.29 is 109 Å². The molecule has 0 aromatic heterocycles. The summed E-state index contributed by atoms with van der Waals surface area (Å²) in [5.41, 5.74) is 4.32. The molecule has 0 radical (unpaired) electrons. The van der Waals surface area contributed by atoms with E-state index in [4.69, 9.17) is 56.2 Å². The molecule has 132 heavy (non-hydrogen) atoms. The zero-order valence-electron chi connectivity index (χ0n) is 84.2. The SMILES string of the molecule is C=C1C[C@H](CCC=O)OC1CC[C@H]1C[C@@H](C)C(=C)C(C[C@@H]2O[C@H](C[C@H](C)CC)[C@H](C)[C@H]2C(C(=O)C[C@H]2CC[C@@H]3O[C@@H]([C@H](/C=C/I)O[Si](C)(C)C(C)(C)C)[C@@H](C)C(C)[C@H]3O2)S(=O)(=O)c2ccccc2)O1.C=C1C[C@H](CCC=O)OC1CC[C@H]1C[C@@H](C)C(=C)C(C[C@@H]2O[C@H](C[C@H](C)CC)[C@H](C)[C@H]2CC(=O)C[C@H]2CC[C@@H]3O[C@@H]([C@H](/C=C/I)O[Si](C)(C)C(C)(C)C)[C@@H](C)[C@@H](C)[C@H]3O2)O1.[I][Sm][I]. The molecule has 10 fully saturated rings. The maximum absolute atomic E-state index is 15.4. The van der Waals surface area contributed by atoms with Crippen LogP contribution in [0, 0.1) is 96.5 Å². The molecule has 0 saturated carbocycles. The van der Waals surface area contributed by atoms with Crippen molar-refractivity contribution in [1.29, 1.82) is 0 Å². The van der Waals surface area contributed by atoms with Gasteiger partial charge in [-0.2, -0.15) is 0 Å². The Bertz CT molecular complexity index is 4040. The number of hydrogen-bond donors (Lipinski definition) is 0. The first-order chi connectivity index (χ1) is 62.2. The van der Waals surface area contributed by atoms with Crippen LogP contribution in [0.15, 0.2) is 104 Å². The summed E-state index contributed by atoms with van der Waals surface area (Å²) in [5, 5.41) is -1.20. The van der Waals surface area contributed by atoms with Gasteiger partial charge in [-0.3, -0.25) is 9.59 Å². The van der Waals surface area contributed by atoms with E-state index in [-0.39, 0.29) is 228 Å². The van der Waals surface area contributed by atoms with Gasteiger partial charge in [-0.25, -0.2) is 8.42 Å². The molecular formula is C106H170I4O18SSi2Sm. The molecule has 0 bridgehead atoms. The number of rotatable bonds is 40. The second-order valence-corrected chi connectivity index (χ2v) is 77.1. The van der Waals surface area contributed by atoms with E-state index < -0.39 is 49.8 Å². The number of carbonyl (C=O) groups is 4. The van der Waals surface area contributed by atoms with Gasteiger partial charge in [0.25, 0.3) is 0 Å². The zero-order chi connectivity index (χ0) is 97.4. The van der Waals surface area contributed by atoms with E-state index in [1.54, 1.807) is 30.3 Å². The van der Waals surface area contributed by atoms with Crippen LogP contribution >= 0.6 is 73.8 Å². The normalized spacial score (nSPS) is 36.7. The molecule has 750 valence electrons. The molecule has 18 nitrogen and oxygen atoms in total. The summed E-state index contributed by atoms with van der Waals surface area (Å²) in [6, 6.07) is 8.49. The molecule has 0 spiro atoms. The van der Waals surface area contributed by atoms with Gasteiger partial charge in [-0.05, 0) is 259 Å². The van der Waals surface area contributed by atoms with E-state index in [2.05, 4.69) is 267 Å². The van der Waals surface area contributed by atoms with Crippen LogP contribution in [0.25, 0.3) is 0 Å². The summed E-state index contributed by atoms with van der Waals surface area (Å²) in [5.74, 6) is 1.66. The first-order valence-electron chi connectivity index (χ1n) is 50.4. The van der Waals surface area contributed by atoms with Gasteiger partial charge in [0.1, 0.15) is 23.6 Å². The summed E-state index contributed by atoms with van der Waals surface area (Å²) < 4.78 is 117. The summed E-state index contributed by atoms with van der Waals surface area (Å²) in [6.45, 7) is 67.3. The molecule has 11 rings (SSSR count). The van der Waals surface area contributed by atoms with Crippen LogP contribution in [-0.2, 0) is 85.2 Å². The van der Waals surface area contributed by atoms with E-state index in [9.17, 15) is 14.4 Å². The van der Waals surface area contributed by atoms with Crippen LogP contribution in [0.5, 0.6) is 0 Å². The van der Waals surface area contributed by atoms with E-state index in [1.165, 1.54) is 0 Å². The number of halogens is 4. The van der Waals surface area contributed by atoms with E-state index >= 15 is 13.2 Å². The van der Waals surface area contributed by atoms with Gasteiger partial charge in [0.15, 0.2) is 32.3 Å². The van der Waals surface area contributed by atoms with Crippen LogP contribution in [0.1, 0.15) is 285 Å². The second kappa shape index (κ2) is 53.0. The molecular weight excluding hydrogens is 2310 g/mol. The number of benzene rings is 1. The monoisotopic (exact) mass is 2480 g/mol. The van der Waals surface area contributed by atoms with Crippen molar-refractivity contribution in [1.82, 2.24) is 0 Å². The van der Waals surface area contributed by atoms with Gasteiger partial charge in [0, 0.05) is 50.9 Å². The van der Waals surface area contributed by atoms with Crippen molar-refractivity contribution in [3.05, 3.63) is 99.3 Å².